The van der Waals surface area contributed by atoms with Gasteiger partial charge in [0.1, 0.15) is 5.82 Å². The fourth-order valence-electron chi connectivity index (χ4n) is 1.75. The van der Waals surface area contributed by atoms with Gasteiger partial charge in [0.25, 0.3) is 0 Å². The molecular formula is C15H20N4O. The third-order valence-corrected chi connectivity index (χ3v) is 2.93. The molecule has 0 atom stereocenters. The number of rotatable bonds is 6. The second-order valence-electron chi connectivity index (χ2n) is 4.60. The molecule has 5 heteroatoms. The van der Waals surface area contributed by atoms with Crippen LogP contribution in [0.15, 0.2) is 30.6 Å². The molecule has 20 heavy (non-hydrogen) atoms. The molecule has 0 unspecified atom stereocenters. The number of anilines is 2. The van der Waals surface area contributed by atoms with Crippen LogP contribution in [0, 0.1) is 6.92 Å². The maximum absolute atomic E-state index is 5.84. The van der Waals surface area contributed by atoms with E-state index >= 15 is 0 Å². The molecule has 106 valence electrons. The Kier molecular flexibility index (Phi) is 4.76. The van der Waals surface area contributed by atoms with Crippen molar-refractivity contribution in [2.75, 3.05) is 17.7 Å². The van der Waals surface area contributed by atoms with Gasteiger partial charge in [0.05, 0.1) is 12.3 Å². The molecule has 2 aromatic heterocycles. The number of nitrogens with one attached hydrogen (secondary N) is 1. The number of nitrogens with zero attached hydrogens (tertiary/aromatic N) is 2. The van der Waals surface area contributed by atoms with E-state index in [-0.39, 0.29) is 0 Å². The number of hydrogen-bond acceptors (Lipinski definition) is 5. The fraction of sp³-hybridized carbons (Fsp3) is 0.333. The summed E-state index contributed by atoms with van der Waals surface area (Å²) in [5, 5.41) is 3.27. The Bertz CT molecular complexity index is 572. The van der Waals surface area contributed by atoms with E-state index in [9.17, 15) is 0 Å². The zero-order valence-corrected chi connectivity index (χ0v) is 11.9. The second-order valence-corrected chi connectivity index (χ2v) is 4.60. The van der Waals surface area contributed by atoms with Crippen LogP contribution in [0.5, 0.6) is 5.88 Å². The smallest absolute Gasteiger partial charge is 0.239 e. The summed E-state index contributed by atoms with van der Waals surface area (Å²) >= 11 is 0. The summed E-state index contributed by atoms with van der Waals surface area (Å²) in [6.07, 6.45) is 4.56. The number of nitrogens with two attached hydrogens (primary N) is 1. The number of nitrogen functional groups attached to an aromatic ring is 1. The Morgan fingerprint density at radius 3 is 2.90 bits per heavy atom. The Labute approximate surface area is 119 Å². The molecular weight excluding hydrogens is 252 g/mol. The van der Waals surface area contributed by atoms with Crippen LogP contribution < -0.4 is 15.8 Å². The molecule has 5 nitrogen and oxygen atoms in total. The minimum absolute atomic E-state index is 0.489. The maximum atomic E-state index is 5.84. The Hall–Kier alpha value is -2.30. The van der Waals surface area contributed by atoms with E-state index in [1.165, 1.54) is 5.56 Å². The summed E-state index contributed by atoms with van der Waals surface area (Å²) < 4.78 is 5.52. The molecule has 0 radical (unpaired) electrons. The summed E-state index contributed by atoms with van der Waals surface area (Å²) in [4.78, 5) is 8.46. The van der Waals surface area contributed by atoms with E-state index in [1.807, 2.05) is 32.2 Å². The second kappa shape index (κ2) is 6.75. The first kappa shape index (κ1) is 14.1. The van der Waals surface area contributed by atoms with Crippen molar-refractivity contribution in [3.8, 4) is 5.88 Å². The predicted molar refractivity (Wildman–Crippen MR) is 80.7 cm³/mol. The van der Waals surface area contributed by atoms with E-state index in [4.69, 9.17) is 10.5 Å². The summed E-state index contributed by atoms with van der Waals surface area (Å²) in [7, 11) is 0. The van der Waals surface area contributed by atoms with Gasteiger partial charge in [-0.05, 0) is 42.7 Å². The van der Waals surface area contributed by atoms with Gasteiger partial charge < -0.3 is 15.8 Å². The number of ether oxygens (including phenoxy) is 1. The topological polar surface area (TPSA) is 73.1 Å². The first-order valence-corrected chi connectivity index (χ1v) is 6.73. The van der Waals surface area contributed by atoms with Crippen molar-refractivity contribution in [2.45, 2.75) is 26.8 Å². The average molecular weight is 272 g/mol. The highest BCUT2D eigenvalue weighted by molar-refractivity contribution is 5.53. The lowest BCUT2D eigenvalue weighted by Crippen LogP contribution is -2.06. The molecule has 0 aromatic carbocycles. The van der Waals surface area contributed by atoms with Crippen molar-refractivity contribution in [1.29, 1.82) is 0 Å². The highest BCUT2D eigenvalue weighted by Gasteiger charge is 2.04. The van der Waals surface area contributed by atoms with E-state index in [2.05, 4.69) is 15.3 Å². The van der Waals surface area contributed by atoms with Gasteiger partial charge in [-0.15, -0.1) is 0 Å². The molecule has 0 aliphatic heterocycles. The van der Waals surface area contributed by atoms with Crippen molar-refractivity contribution in [1.82, 2.24) is 9.97 Å². The zero-order valence-electron chi connectivity index (χ0n) is 11.9. The molecule has 0 aliphatic carbocycles. The quantitative estimate of drug-likeness (QED) is 0.846. The van der Waals surface area contributed by atoms with Crippen LogP contribution >= 0.6 is 0 Å². The van der Waals surface area contributed by atoms with Crippen LogP contribution in [0.3, 0.4) is 0 Å². The van der Waals surface area contributed by atoms with E-state index in [0.717, 1.165) is 17.8 Å². The van der Waals surface area contributed by atoms with Crippen LogP contribution in [-0.4, -0.2) is 16.6 Å². The zero-order chi connectivity index (χ0) is 14.4. The van der Waals surface area contributed by atoms with Gasteiger partial charge in [0, 0.05) is 18.9 Å². The summed E-state index contributed by atoms with van der Waals surface area (Å²) in [6, 6.07) is 5.65. The Morgan fingerprint density at radius 2 is 2.15 bits per heavy atom. The molecule has 0 amide bonds. The molecule has 3 N–H and O–H groups in total. The van der Waals surface area contributed by atoms with Gasteiger partial charge in [-0.2, -0.15) is 4.98 Å². The van der Waals surface area contributed by atoms with Crippen LogP contribution in [0.25, 0.3) is 0 Å². The van der Waals surface area contributed by atoms with Crippen molar-refractivity contribution in [3.63, 3.8) is 0 Å². The normalized spacial score (nSPS) is 10.3. The highest BCUT2D eigenvalue weighted by Crippen LogP contribution is 2.21. The molecule has 0 bridgehead atoms. The van der Waals surface area contributed by atoms with E-state index < -0.39 is 0 Å². The molecule has 2 aromatic rings. The average Bonchev–Trinajstić information content (AvgIpc) is 2.46. The van der Waals surface area contributed by atoms with E-state index in [1.54, 1.807) is 12.3 Å². The molecule has 0 spiro atoms. The number of pyridine rings is 2. The molecule has 0 fully saturated rings. The monoisotopic (exact) mass is 272 g/mol. The van der Waals surface area contributed by atoms with Crippen LogP contribution in [0.1, 0.15) is 24.5 Å². The highest BCUT2D eigenvalue weighted by atomic mass is 16.5. The largest absolute Gasteiger partial charge is 0.476 e. The maximum Gasteiger partial charge on any atom is 0.239 e. The van der Waals surface area contributed by atoms with Crippen molar-refractivity contribution in [2.24, 2.45) is 0 Å². The van der Waals surface area contributed by atoms with Crippen LogP contribution in [-0.2, 0) is 6.54 Å². The third kappa shape index (κ3) is 3.60. The summed E-state index contributed by atoms with van der Waals surface area (Å²) in [5.74, 6) is 1.24. The number of aryl methyl sites for hydroxylation is 1. The first-order chi connectivity index (χ1) is 9.70. The first-order valence-electron chi connectivity index (χ1n) is 6.73. The lowest BCUT2D eigenvalue weighted by Gasteiger charge is -2.11. The fourth-order valence-corrected chi connectivity index (χ4v) is 1.75. The van der Waals surface area contributed by atoms with Crippen molar-refractivity contribution >= 4 is 11.5 Å². The van der Waals surface area contributed by atoms with Crippen molar-refractivity contribution in [3.05, 3.63) is 41.7 Å². The number of hydrogen-bond donors (Lipinski definition) is 2. The lowest BCUT2D eigenvalue weighted by molar-refractivity contribution is 0.307. The van der Waals surface area contributed by atoms with Crippen LogP contribution in [0.4, 0.5) is 11.5 Å². The minimum atomic E-state index is 0.489. The van der Waals surface area contributed by atoms with Gasteiger partial charge in [-0.25, -0.2) is 0 Å². The molecule has 2 heterocycles. The SMILES string of the molecule is CCCOc1nc(NCc2ccncc2C)ccc1N. The third-order valence-electron chi connectivity index (χ3n) is 2.93. The minimum Gasteiger partial charge on any atom is -0.476 e. The Morgan fingerprint density at radius 1 is 1.30 bits per heavy atom. The van der Waals surface area contributed by atoms with Gasteiger partial charge >= 0.3 is 0 Å². The predicted octanol–water partition coefficient (Wildman–Crippen LogP) is 2.77. The Balaban J connectivity index is 2.04. The van der Waals surface area contributed by atoms with Crippen LogP contribution in [0.2, 0.25) is 0 Å². The molecule has 0 saturated carbocycles. The number of aromatic nitrogens is 2. The van der Waals surface area contributed by atoms with Gasteiger partial charge in [-0.3, -0.25) is 4.98 Å². The standard InChI is InChI=1S/C15H20N4O/c1-3-8-20-15-13(16)4-5-14(19-15)18-10-12-6-7-17-9-11(12)2/h4-7,9H,3,8,10,16H2,1-2H3,(H,18,19). The van der Waals surface area contributed by atoms with Gasteiger partial charge in [0.15, 0.2) is 0 Å². The summed E-state index contributed by atoms with van der Waals surface area (Å²) in [5.41, 5.74) is 8.74. The summed E-state index contributed by atoms with van der Waals surface area (Å²) in [6.45, 7) is 5.39. The lowest BCUT2D eigenvalue weighted by atomic mass is 10.1. The molecule has 0 aliphatic rings. The molecule has 0 saturated heterocycles. The van der Waals surface area contributed by atoms with Gasteiger partial charge in [-0.1, -0.05) is 6.92 Å². The van der Waals surface area contributed by atoms with Crippen molar-refractivity contribution < 1.29 is 4.74 Å². The molecule has 2 rings (SSSR count). The van der Waals surface area contributed by atoms with E-state index in [0.29, 0.717) is 24.7 Å². The van der Waals surface area contributed by atoms with Gasteiger partial charge in [0.2, 0.25) is 5.88 Å².